The molecule has 6 nitrogen and oxygen atoms in total. The van der Waals surface area contributed by atoms with Crippen molar-refractivity contribution in [3.63, 3.8) is 0 Å². The van der Waals surface area contributed by atoms with Crippen molar-refractivity contribution in [3.05, 3.63) is 5.82 Å². The Kier molecular flexibility index (Phi) is 5.01. The van der Waals surface area contributed by atoms with Gasteiger partial charge in [0.25, 0.3) is 0 Å². The van der Waals surface area contributed by atoms with Crippen LogP contribution in [-0.4, -0.2) is 37.7 Å². The van der Waals surface area contributed by atoms with E-state index in [4.69, 9.17) is 5.11 Å². The molecule has 0 saturated heterocycles. The van der Waals surface area contributed by atoms with Crippen molar-refractivity contribution in [2.75, 3.05) is 0 Å². The van der Waals surface area contributed by atoms with Gasteiger partial charge in [-0.1, -0.05) is 13.8 Å². The molecule has 10 heteroatoms. The molecule has 114 valence electrons. The highest BCUT2D eigenvalue weighted by Gasteiger charge is 2.48. The lowest BCUT2D eigenvalue weighted by molar-refractivity contribution is -0.147. The molecule has 1 aromatic heterocycles. The number of carboxylic acid groups (broad SMARTS) is 1. The van der Waals surface area contributed by atoms with Crippen molar-refractivity contribution in [3.8, 4) is 0 Å². The Morgan fingerprint density at radius 1 is 1.40 bits per heavy atom. The van der Waals surface area contributed by atoms with E-state index >= 15 is 0 Å². The quantitative estimate of drug-likeness (QED) is 0.776. The fraction of sp³-hybridized carbons (Fsp3) is 0.800. The first kappa shape index (κ1) is 16.3. The molecule has 0 saturated carbocycles. The second kappa shape index (κ2) is 6.14. The lowest BCUT2D eigenvalue weighted by atomic mass is 9.97. The standard InChI is InChI=1S/C10H14F4N4O2/c1-5(2)3-6(7(19)20)4-18-9(15-16-17-18)10(13,14)8(11)12/h5-6,8H,3-4H2,1-2H3,(H,19,20). The van der Waals surface area contributed by atoms with Gasteiger partial charge in [-0.2, -0.15) is 8.78 Å². The largest absolute Gasteiger partial charge is 0.481 e. The molecule has 0 amide bonds. The lowest BCUT2D eigenvalue weighted by Gasteiger charge is -2.18. The Morgan fingerprint density at radius 2 is 2.00 bits per heavy atom. The predicted molar refractivity (Wildman–Crippen MR) is 58.3 cm³/mol. The number of carboxylic acids is 1. The summed E-state index contributed by atoms with van der Waals surface area (Å²) in [6.45, 7) is 3.02. The summed E-state index contributed by atoms with van der Waals surface area (Å²) in [4.78, 5) is 11.0. The summed E-state index contributed by atoms with van der Waals surface area (Å²) < 4.78 is 51.4. The van der Waals surface area contributed by atoms with E-state index in [1.807, 2.05) is 0 Å². The molecule has 0 aromatic carbocycles. The molecule has 20 heavy (non-hydrogen) atoms. The number of tetrazole rings is 1. The van der Waals surface area contributed by atoms with Crippen molar-refractivity contribution in [2.24, 2.45) is 11.8 Å². The van der Waals surface area contributed by atoms with E-state index < -0.39 is 36.6 Å². The van der Waals surface area contributed by atoms with Gasteiger partial charge in [0.1, 0.15) is 0 Å². The Balaban J connectivity index is 2.98. The average molecular weight is 298 g/mol. The molecule has 0 radical (unpaired) electrons. The van der Waals surface area contributed by atoms with Gasteiger partial charge in [-0.05, 0) is 22.8 Å². The van der Waals surface area contributed by atoms with Gasteiger partial charge >= 0.3 is 18.3 Å². The van der Waals surface area contributed by atoms with E-state index in [9.17, 15) is 22.4 Å². The fourth-order valence-corrected chi connectivity index (χ4v) is 1.70. The number of hydrogen-bond donors (Lipinski definition) is 1. The zero-order valence-electron chi connectivity index (χ0n) is 10.8. The average Bonchev–Trinajstić information content (AvgIpc) is 2.75. The number of aliphatic carboxylic acids is 1. The second-order valence-electron chi connectivity index (χ2n) is 4.77. The molecule has 0 fully saturated rings. The first-order valence-corrected chi connectivity index (χ1v) is 5.81. The van der Waals surface area contributed by atoms with Crippen LogP contribution in [0.5, 0.6) is 0 Å². The molecule has 1 aromatic rings. The molecule has 1 N–H and O–H groups in total. The van der Waals surface area contributed by atoms with Crippen LogP contribution in [0.3, 0.4) is 0 Å². The fourth-order valence-electron chi connectivity index (χ4n) is 1.70. The number of aromatic nitrogens is 4. The predicted octanol–water partition coefficient (Wildman–Crippen LogP) is 1.78. The van der Waals surface area contributed by atoms with Gasteiger partial charge in [-0.3, -0.25) is 4.79 Å². The summed E-state index contributed by atoms with van der Waals surface area (Å²) in [6, 6.07) is 0. The van der Waals surface area contributed by atoms with Crippen LogP contribution in [0.4, 0.5) is 17.6 Å². The van der Waals surface area contributed by atoms with Crippen LogP contribution >= 0.6 is 0 Å². The van der Waals surface area contributed by atoms with Gasteiger partial charge in [0.2, 0.25) is 5.82 Å². The maximum atomic E-state index is 13.2. The summed E-state index contributed by atoms with van der Waals surface area (Å²) >= 11 is 0. The highest BCUT2D eigenvalue weighted by Crippen LogP contribution is 2.33. The van der Waals surface area contributed by atoms with Crippen molar-refractivity contribution in [2.45, 2.75) is 39.2 Å². The minimum absolute atomic E-state index is 0.00774. The first-order valence-electron chi connectivity index (χ1n) is 5.81. The third-order valence-corrected chi connectivity index (χ3v) is 2.60. The Bertz CT molecular complexity index is 464. The number of halogens is 4. The molecule has 1 heterocycles. The van der Waals surface area contributed by atoms with Gasteiger partial charge in [-0.25, -0.2) is 13.5 Å². The highest BCUT2D eigenvalue weighted by atomic mass is 19.3. The summed E-state index contributed by atoms with van der Waals surface area (Å²) in [5.74, 6) is -8.12. The van der Waals surface area contributed by atoms with Crippen molar-refractivity contribution in [1.82, 2.24) is 20.2 Å². The Hall–Kier alpha value is -1.74. The number of nitrogens with zero attached hydrogens (tertiary/aromatic N) is 4. The first-order chi connectivity index (χ1) is 9.16. The van der Waals surface area contributed by atoms with Crippen molar-refractivity contribution >= 4 is 5.97 Å². The molecule has 1 atom stereocenters. The van der Waals surface area contributed by atoms with E-state index in [0.29, 0.717) is 4.68 Å². The molecule has 0 aliphatic rings. The Labute approximate surface area is 111 Å². The van der Waals surface area contributed by atoms with Crippen LogP contribution in [0.1, 0.15) is 26.1 Å². The van der Waals surface area contributed by atoms with Gasteiger partial charge in [-0.15, -0.1) is 5.10 Å². The summed E-state index contributed by atoms with van der Waals surface area (Å²) in [5, 5.41) is 18.0. The summed E-state index contributed by atoms with van der Waals surface area (Å²) in [7, 11) is 0. The monoisotopic (exact) mass is 298 g/mol. The number of alkyl halides is 4. The van der Waals surface area contributed by atoms with Gasteiger partial charge < -0.3 is 5.11 Å². The number of carbonyl (C=O) groups is 1. The summed E-state index contributed by atoms with van der Waals surface area (Å²) in [5.41, 5.74) is 0. The van der Waals surface area contributed by atoms with Crippen LogP contribution in [0.15, 0.2) is 0 Å². The van der Waals surface area contributed by atoms with Crippen LogP contribution in [0.25, 0.3) is 0 Å². The van der Waals surface area contributed by atoms with Crippen LogP contribution in [0.2, 0.25) is 0 Å². The van der Waals surface area contributed by atoms with Gasteiger partial charge in [0.05, 0.1) is 12.5 Å². The molecule has 1 rings (SSSR count). The minimum Gasteiger partial charge on any atom is -0.481 e. The van der Waals surface area contributed by atoms with E-state index in [1.54, 1.807) is 13.8 Å². The lowest BCUT2D eigenvalue weighted by Crippen LogP contribution is -2.31. The molecule has 0 aliphatic carbocycles. The highest BCUT2D eigenvalue weighted by molar-refractivity contribution is 5.69. The number of hydrogen-bond acceptors (Lipinski definition) is 4. The van der Waals surface area contributed by atoms with E-state index in [-0.39, 0.29) is 12.3 Å². The number of rotatable bonds is 7. The molecular formula is C10H14F4N4O2. The Morgan fingerprint density at radius 3 is 2.45 bits per heavy atom. The zero-order valence-corrected chi connectivity index (χ0v) is 10.8. The molecule has 1 unspecified atom stereocenters. The summed E-state index contributed by atoms with van der Waals surface area (Å²) in [6.07, 6.45) is -3.78. The molecule has 0 spiro atoms. The third-order valence-electron chi connectivity index (χ3n) is 2.60. The topological polar surface area (TPSA) is 80.9 Å². The van der Waals surface area contributed by atoms with Gasteiger partial charge in [0.15, 0.2) is 0 Å². The van der Waals surface area contributed by atoms with Crippen LogP contribution < -0.4 is 0 Å². The van der Waals surface area contributed by atoms with E-state index in [1.165, 1.54) is 0 Å². The maximum absolute atomic E-state index is 13.2. The third kappa shape index (κ3) is 3.64. The second-order valence-corrected chi connectivity index (χ2v) is 4.77. The normalized spacial score (nSPS) is 14.0. The van der Waals surface area contributed by atoms with Crippen LogP contribution in [-0.2, 0) is 17.3 Å². The smallest absolute Gasteiger partial charge is 0.367 e. The zero-order chi connectivity index (χ0) is 15.5. The molecular weight excluding hydrogens is 284 g/mol. The molecule has 0 bridgehead atoms. The maximum Gasteiger partial charge on any atom is 0.367 e. The van der Waals surface area contributed by atoms with Crippen LogP contribution in [0, 0.1) is 11.8 Å². The molecule has 0 aliphatic heterocycles. The van der Waals surface area contributed by atoms with Gasteiger partial charge in [0, 0.05) is 0 Å². The minimum atomic E-state index is -4.52. The van der Waals surface area contributed by atoms with Crippen molar-refractivity contribution in [1.29, 1.82) is 0 Å². The van der Waals surface area contributed by atoms with E-state index in [0.717, 1.165) is 0 Å². The SMILES string of the molecule is CC(C)CC(Cn1nnnc1C(F)(F)C(F)F)C(=O)O. The van der Waals surface area contributed by atoms with E-state index in [2.05, 4.69) is 15.5 Å². The van der Waals surface area contributed by atoms with Crippen molar-refractivity contribution < 1.29 is 27.5 Å².